The van der Waals surface area contributed by atoms with E-state index >= 15 is 0 Å². The third-order valence-electron chi connectivity index (χ3n) is 7.69. The lowest BCUT2D eigenvalue weighted by Crippen LogP contribution is -2.50. The highest BCUT2D eigenvalue weighted by Gasteiger charge is 2.53. The van der Waals surface area contributed by atoms with Crippen LogP contribution in [0.1, 0.15) is 71.1 Å². The van der Waals surface area contributed by atoms with Crippen molar-refractivity contribution in [2.24, 2.45) is 35.0 Å². The second-order valence-electron chi connectivity index (χ2n) is 8.77. The summed E-state index contributed by atoms with van der Waals surface area (Å²) in [5, 5.41) is 20.0. The molecule has 0 heterocycles. The van der Waals surface area contributed by atoms with Crippen LogP contribution in [0.5, 0.6) is 0 Å². The summed E-state index contributed by atoms with van der Waals surface area (Å²) in [5.74, 6) is 2.05. The molecule has 3 rings (SSSR count). The Balaban J connectivity index is 1.75. The van der Waals surface area contributed by atoms with E-state index in [-0.39, 0.29) is 6.42 Å². The van der Waals surface area contributed by atoms with Crippen LogP contribution in [0.4, 0.5) is 0 Å². The topological polar surface area (TPSA) is 63.9 Å². The number of carbonyl (C=O) groups is 1. The highest BCUT2D eigenvalue weighted by Crippen LogP contribution is 2.62. The van der Waals surface area contributed by atoms with Gasteiger partial charge in [0.2, 0.25) is 0 Å². The van der Waals surface area contributed by atoms with Crippen LogP contribution in [0, 0.1) is 46.3 Å². The summed E-state index contributed by atoms with van der Waals surface area (Å²) in [4.78, 5) is 11.0. The third kappa shape index (κ3) is 3.13. The van der Waals surface area contributed by atoms with Crippen molar-refractivity contribution in [1.82, 2.24) is 0 Å². The first kappa shape index (κ1) is 17.5. The summed E-state index contributed by atoms with van der Waals surface area (Å²) in [5.41, 5.74) is 1.73. The molecule has 0 unspecified atom stereocenters. The average molecular weight is 328 g/mol. The molecule has 24 heavy (non-hydrogen) atoms. The predicted octanol–water partition coefficient (Wildman–Crippen LogP) is 3.85. The number of rotatable bonds is 4. The molecule has 132 valence electrons. The first-order valence-electron chi connectivity index (χ1n) is 9.70. The number of allylic oxidation sites excluding steroid dienone is 1. The number of fused-ring (bicyclic) bond motifs is 3. The number of aliphatic carboxylic acids is 1. The zero-order chi connectivity index (χ0) is 17.3. The Hall–Kier alpha value is -1.30. The number of carboxylic acid groups (broad SMARTS) is 1. The van der Waals surface area contributed by atoms with Crippen molar-refractivity contribution >= 4 is 5.97 Å². The fraction of sp³-hybridized carbons (Fsp3) is 0.810. The largest absolute Gasteiger partial charge is 0.550 e. The molecule has 0 aromatic rings. The van der Waals surface area contributed by atoms with Crippen LogP contribution >= 0.6 is 0 Å². The molecule has 0 aliphatic heterocycles. The predicted molar refractivity (Wildman–Crippen MR) is 91.5 cm³/mol. The molecule has 0 N–H and O–H groups in total. The second kappa shape index (κ2) is 6.90. The zero-order valence-electron chi connectivity index (χ0n) is 14.9. The van der Waals surface area contributed by atoms with Crippen molar-refractivity contribution in [3.05, 3.63) is 12.2 Å². The first-order chi connectivity index (χ1) is 11.5. The fourth-order valence-electron chi connectivity index (χ4n) is 6.44. The summed E-state index contributed by atoms with van der Waals surface area (Å²) in [6, 6.07) is 2.32. The summed E-state index contributed by atoms with van der Waals surface area (Å²) in [6.07, 6.45) is 9.93. The van der Waals surface area contributed by atoms with E-state index in [4.69, 9.17) is 5.26 Å². The first-order valence-corrected chi connectivity index (χ1v) is 9.70. The van der Waals surface area contributed by atoms with Gasteiger partial charge in [0.25, 0.3) is 0 Å². The van der Waals surface area contributed by atoms with E-state index in [1.807, 2.05) is 0 Å². The van der Waals surface area contributed by atoms with Gasteiger partial charge in [-0.2, -0.15) is 5.26 Å². The quantitative estimate of drug-likeness (QED) is 0.736. The zero-order valence-corrected chi connectivity index (χ0v) is 14.9. The second-order valence-corrected chi connectivity index (χ2v) is 8.77. The molecular formula is C21H30NO2-. The maximum absolute atomic E-state index is 11.0. The minimum atomic E-state index is -0.886. The number of carbonyl (C=O) groups excluding carboxylic acids is 1. The molecule has 0 bridgehead atoms. The summed E-state index contributed by atoms with van der Waals surface area (Å²) in [7, 11) is 0. The molecule has 3 aliphatic carbocycles. The Morgan fingerprint density at radius 3 is 2.88 bits per heavy atom. The van der Waals surface area contributed by atoms with Crippen LogP contribution in [0.3, 0.4) is 0 Å². The van der Waals surface area contributed by atoms with Crippen LogP contribution < -0.4 is 5.11 Å². The smallest absolute Gasteiger partial charge is 0.0621 e. The van der Waals surface area contributed by atoms with E-state index in [1.54, 1.807) is 0 Å². The van der Waals surface area contributed by atoms with E-state index in [0.29, 0.717) is 35.5 Å². The Morgan fingerprint density at radius 1 is 1.38 bits per heavy atom. The van der Waals surface area contributed by atoms with Gasteiger partial charge in [-0.25, -0.2) is 0 Å². The van der Waals surface area contributed by atoms with Crippen molar-refractivity contribution in [2.45, 2.75) is 71.1 Å². The monoisotopic (exact) mass is 328 g/mol. The van der Waals surface area contributed by atoms with E-state index in [1.165, 1.54) is 24.8 Å². The number of nitrogens with zero attached hydrogens (tertiary/aromatic N) is 1. The summed E-state index contributed by atoms with van der Waals surface area (Å²) in [6.45, 7) is 6.80. The van der Waals surface area contributed by atoms with Gasteiger partial charge in [0.05, 0.1) is 6.07 Å². The van der Waals surface area contributed by atoms with Gasteiger partial charge >= 0.3 is 0 Å². The van der Waals surface area contributed by atoms with Crippen LogP contribution in [0.2, 0.25) is 0 Å². The molecule has 3 fully saturated rings. The maximum atomic E-state index is 11.0. The van der Waals surface area contributed by atoms with Gasteiger partial charge in [-0.15, -0.1) is 0 Å². The van der Waals surface area contributed by atoms with Crippen molar-refractivity contribution < 1.29 is 9.90 Å². The summed E-state index contributed by atoms with van der Waals surface area (Å²) >= 11 is 0. The van der Waals surface area contributed by atoms with Crippen LogP contribution in [-0.2, 0) is 4.79 Å². The van der Waals surface area contributed by atoms with E-state index in [2.05, 4.69) is 19.6 Å². The molecule has 0 aromatic heterocycles. The number of hydrogen-bond acceptors (Lipinski definition) is 3. The molecular weight excluding hydrogens is 298 g/mol. The Labute approximate surface area is 146 Å². The Morgan fingerprint density at radius 2 is 2.17 bits per heavy atom. The molecule has 0 spiro atoms. The van der Waals surface area contributed by atoms with Gasteiger partial charge in [-0.1, -0.05) is 19.1 Å². The molecule has 0 radical (unpaired) electrons. The van der Waals surface area contributed by atoms with Gasteiger partial charge in [0.15, 0.2) is 0 Å². The van der Waals surface area contributed by atoms with E-state index < -0.39 is 5.97 Å². The van der Waals surface area contributed by atoms with E-state index in [0.717, 1.165) is 38.0 Å². The molecule has 6 atom stereocenters. The van der Waals surface area contributed by atoms with Crippen LogP contribution in [0.25, 0.3) is 0 Å². The molecule has 3 nitrogen and oxygen atoms in total. The molecule has 0 amide bonds. The fourth-order valence-corrected chi connectivity index (χ4v) is 6.44. The lowest BCUT2D eigenvalue weighted by atomic mass is 9.46. The molecule has 0 aromatic carbocycles. The number of nitriles is 1. The lowest BCUT2D eigenvalue weighted by molar-refractivity contribution is -0.307. The molecule has 0 saturated heterocycles. The SMILES string of the molecule is C=C1CC[C@H]2[C@@H](CC[C@H]3C[C@@H](CC(=O)[O-])CC[C@@]32C)[C@@H]1CCC#N. The van der Waals surface area contributed by atoms with Gasteiger partial charge in [0.1, 0.15) is 0 Å². The normalized spacial score (nSPS) is 41.8. The van der Waals surface area contributed by atoms with Gasteiger partial charge in [-0.3, -0.25) is 0 Å². The van der Waals surface area contributed by atoms with Crippen molar-refractivity contribution in [3.63, 3.8) is 0 Å². The van der Waals surface area contributed by atoms with Crippen molar-refractivity contribution in [3.8, 4) is 6.07 Å². The maximum Gasteiger partial charge on any atom is 0.0621 e. The van der Waals surface area contributed by atoms with Crippen LogP contribution in [0.15, 0.2) is 12.2 Å². The molecule has 3 heteroatoms. The van der Waals surface area contributed by atoms with Crippen LogP contribution in [-0.4, -0.2) is 5.97 Å². The highest BCUT2D eigenvalue weighted by molar-refractivity contribution is 5.64. The van der Waals surface area contributed by atoms with Crippen molar-refractivity contribution in [2.75, 3.05) is 0 Å². The van der Waals surface area contributed by atoms with E-state index in [9.17, 15) is 9.90 Å². The number of carboxylic acids is 1. The van der Waals surface area contributed by atoms with Gasteiger partial charge < -0.3 is 9.90 Å². The molecule has 3 aliphatic rings. The standard InChI is InChI=1S/C21H31NO2/c1-14-5-8-19-18(17(14)4-3-11-22)7-6-16-12-15(13-20(23)24)9-10-21(16,19)2/h15-19H,1,3-10,12-13H2,2H3,(H,23,24)/p-1/t15-,16-,17+,18-,19-,21-/m0/s1. The minimum absolute atomic E-state index is 0.238. The minimum Gasteiger partial charge on any atom is -0.550 e. The number of hydrogen-bond donors (Lipinski definition) is 0. The van der Waals surface area contributed by atoms with Gasteiger partial charge in [-0.05, 0) is 92.8 Å². The third-order valence-corrected chi connectivity index (χ3v) is 7.69. The Bertz CT molecular complexity index is 549. The molecule has 3 saturated carbocycles. The lowest BCUT2D eigenvalue weighted by Gasteiger charge is -2.59. The average Bonchev–Trinajstić information content (AvgIpc) is 2.53. The van der Waals surface area contributed by atoms with Gasteiger partial charge in [0, 0.05) is 12.4 Å². The van der Waals surface area contributed by atoms with Crippen molar-refractivity contribution in [1.29, 1.82) is 5.26 Å². The summed E-state index contributed by atoms with van der Waals surface area (Å²) < 4.78 is 0. The highest BCUT2D eigenvalue weighted by atomic mass is 16.4. The Kier molecular flexibility index (Phi) is 5.04.